The lowest BCUT2D eigenvalue weighted by atomic mass is 9.97. The van der Waals surface area contributed by atoms with Crippen LogP contribution in [-0.2, 0) is 12.7 Å². The molecule has 8 heteroatoms. The summed E-state index contributed by atoms with van der Waals surface area (Å²) in [6, 6.07) is 6.82. The molecule has 0 aliphatic carbocycles. The van der Waals surface area contributed by atoms with Crippen molar-refractivity contribution < 1.29 is 23.1 Å². The molecular formula is C17H17F3N2O2S. The van der Waals surface area contributed by atoms with Crippen LogP contribution in [0, 0.1) is 0 Å². The van der Waals surface area contributed by atoms with Crippen molar-refractivity contribution in [2.24, 2.45) is 0 Å². The fraction of sp³-hybridized carbons (Fsp3) is 0.412. The van der Waals surface area contributed by atoms with Crippen LogP contribution in [0.5, 0.6) is 0 Å². The third kappa shape index (κ3) is 4.38. The lowest BCUT2D eigenvalue weighted by molar-refractivity contribution is -0.140. The molecule has 0 saturated carbocycles. The summed E-state index contributed by atoms with van der Waals surface area (Å²) in [6.45, 7) is 2.14. The van der Waals surface area contributed by atoms with Crippen LogP contribution in [0.25, 0.3) is 0 Å². The normalized spacial score (nSPS) is 16.9. The molecule has 1 fully saturated rings. The predicted molar refractivity (Wildman–Crippen MR) is 87.8 cm³/mol. The van der Waals surface area contributed by atoms with Gasteiger partial charge in [-0.3, -0.25) is 4.90 Å². The summed E-state index contributed by atoms with van der Waals surface area (Å²) < 4.78 is 38.0. The first-order valence-corrected chi connectivity index (χ1v) is 8.78. The highest BCUT2D eigenvalue weighted by molar-refractivity contribution is 7.09. The van der Waals surface area contributed by atoms with Gasteiger partial charge in [0.15, 0.2) is 5.69 Å². The molecule has 1 saturated heterocycles. The van der Waals surface area contributed by atoms with Gasteiger partial charge in [0.1, 0.15) is 0 Å². The highest BCUT2D eigenvalue weighted by Gasteiger charge is 2.35. The summed E-state index contributed by atoms with van der Waals surface area (Å²) in [5.41, 5.74) is 0.377. The number of thiazole rings is 1. The van der Waals surface area contributed by atoms with Crippen molar-refractivity contribution >= 4 is 17.3 Å². The zero-order valence-electron chi connectivity index (χ0n) is 13.3. The summed E-state index contributed by atoms with van der Waals surface area (Å²) in [7, 11) is 0. The van der Waals surface area contributed by atoms with Gasteiger partial charge in [-0.1, -0.05) is 12.1 Å². The quantitative estimate of drug-likeness (QED) is 0.875. The van der Waals surface area contributed by atoms with E-state index in [0.717, 1.165) is 48.2 Å². The average Bonchev–Trinajstić information content (AvgIpc) is 3.06. The first kappa shape index (κ1) is 17.9. The minimum absolute atomic E-state index is 0.0581. The van der Waals surface area contributed by atoms with E-state index in [0.29, 0.717) is 11.6 Å². The molecule has 0 amide bonds. The molecule has 2 aromatic rings. The van der Waals surface area contributed by atoms with Crippen LogP contribution in [0.2, 0.25) is 0 Å². The van der Waals surface area contributed by atoms with E-state index in [9.17, 15) is 18.0 Å². The number of hydrogen-bond donors (Lipinski definition) is 1. The number of likely N-dealkylation sites (tertiary alicyclic amines) is 1. The second-order valence-corrected chi connectivity index (χ2v) is 7.01. The first-order chi connectivity index (χ1) is 11.8. The minimum atomic E-state index is -4.38. The summed E-state index contributed by atoms with van der Waals surface area (Å²) >= 11 is 1.08. The van der Waals surface area contributed by atoms with Crippen LogP contribution >= 0.6 is 11.3 Å². The summed E-state index contributed by atoms with van der Waals surface area (Å²) in [4.78, 5) is 17.0. The van der Waals surface area contributed by atoms with E-state index in [-0.39, 0.29) is 11.5 Å². The molecule has 0 radical (unpaired) electrons. The van der Waals surface area contributed by atoms with Crippen molar-refractivity contribution in [2.45, 2.75) is 31.5 Å². The molecule has 0 unspecified atom stereocenters. The molecule has 3 rings (SSSR count). The molecule has 1 N–H and O–H groups in total. The first-order valence-electron chi connectivity index (χ1n) is 7.90. The second-order valence-electron chi connectivity index (χ2n) is 6.12. The predicted octanol–water partition coefficient (Wildman–Crippen LogP) is 4.24. The van der Waals surface area contributed by atoms with E-state index < -0.39 is 17.8 Å². The van der Waals surface area contributed by atoms with Gasteiger partial charge < -0.3 is 5.11 Å². The second kappa shape index (κ2) is 7.13. The van der Waals surface area contributed by atoms with Gasteiger partial charge in [0.25, 0.3) is 0 Å². The van der Waals surface area contributed by atoms with Crippen molar-refractivity contribution in [3.63, 3.8) is 0 Å². The van der Waals surface area contributed by atoms with Gasteiger partial charge in [0, 0.05) is 17.8 Å². The topological polar surface area (TPSA) is 53.4 Å². The van der Waals surface area contributed by atoms with Gasteiger partial charge in [0.2, 0.25) is 0 Å². The number of aromatic carboxylic acids is 1. The van der Waals surface area contributed by atoms with Gasteiger partial charge in [-0.2, -0.15) is 13.2 Å². The largest absolute Gasteiger partial charge is 0.478 e. The van der Waals surface area contributed by atoms with Crippen LogP contribution < -0.4 is 0 Å². The third-order valence-corrected chi connectivity index (χ3v) is 5.34. The smallest absolute Gasteiger partial charge is 0.434 e. The minimum Gasteiger partial charge on any atom is -0.478 e. The van der Waals surface area contributed by atoms with Crippen LogP contribution in [-0.4, -0.2) is 34.0 Å². The Morgan fingerprint density at radius 3 is 2.64 bits per heavy atom. The fourth-order valence-corrected chi connectivity index (χ4v) is 4.00. The molecule has 4 nitrogen and oxygen atoms in total. The van der Waals surface area contributed by atoms with E-state index >= 15 is 0 Å². The monoisotopic (exact) mass is 370 g/mol. The molecule has 25 heavy (non-hydrogen) atoms. The maximum atomic E-state index is 12.7. The highest BCUT2D eigenvalue weighted by Crippen LogP contribution is 2.35. The van der Waals surface area contributed by atoms with Gasteiger partial charge in [0.05, 0.1) is 10.6 Å². The number of halogens is 3. The van der Waals surface area contributed by atoms with Crippen molar-refractivity contribution in [2.75, 3.05) is 13.1 Å². The van der Waals surface area contributed by atoms with Crippen molar-refractivity contribution in [1.82, 2.24) is 9.88 Å². The molecular weight excluding hydrogens is 353 g/mol. The number of hydrogen-bond acceptors (Lipinski definition) is 4. The van der Waals surface area contributed by atoms with Crippen LogP contribution in [0.15, 0.2) is 29.6 Å². The van der Waals surface area contributed by atoms with E-state index in [2.05, 4.69) is 9.88 Å². The van der Waals surface area contributed by atoms with Crippen molar-refractivity contribution in [3.8, 4) is 0 Å². The Morgan fingerprint density at radius 2 is 2.04 bits per heavy atom. The molecule has 0 spiro atoms. The number of carboxylic acids is 1. The summed E-state index contributed by atoms with van der Waals surface area (Å²) in [5.74, 6) is -0.896. The zero-order valence-corrected chi connectivity index (χ0v) is 14.1. The van der Waals surface area contributed by atoms with E-state index in [1.54, 1.807) is 18.2 Å². The summed E-state index contributed by atoms with van der Waals surface area (Å²) in [5, 5.41) is 10.7. The number of carboxylic acid groups (broad SMARTS) is 1. The van der Waals surface area contributed by atoms with Crippen LogP contribution in [0.1, 0.15) is 45.4 Å². The fourth-order valence-electron chi connectivity index (χ4n) is 3.00. The number of benzene rings is 1. The number of nitrogens with zero attached hydrogens (tertiary/aromatic N) is 2. The van der Waals surface area contributed by atoms with Gasteiger partial charge >= 0.3 is 12.1 Å². The Kier molecular flexibility index (Phi) is 5.10. The maximum absolute atomic E-state index is 12.7. The zero-order chi connectivity index (χ0) is 18.0. The third-order valence-electron chi connectivity index (χ3n) is 4.33. The van der Waals surface area contributed by atoms with E-state index in [1.165, 1.54) is 0 Å². The Bertz CT molecular complexity index is 752. The molecule has 134 valence electrons. The number of alkyl halides is 3. The van der Waals surface area contributed by atoms with Crippen molar-refractivity contribution in [3.05, 3.63) is 51.5 Å². The number of piperidine rings is 1. The molecule has 1 aromatic carbocycles. The molecule has 1 aliphatic rings. The van der Waals surface area contributed by atoms with Gasteiger partial charge in [-0.25, -0.2) is 9.78 Å². The van der Waals surface area contributed by atoms with Crippen molar-refractivity contribution in [1.29, 1.82) is 0 Å². The highest BCUT2D eigenvalue weighted by atomic mass is 32.1. The average molecular weight is 370 g/mol. The molecule has 0 bridgehead atoms. The van der Waals surface area contributed by atoms with E-state index in [1.807, 2.05) is 6.07 Å². The van der Waals surface area contributed by atoms with E-state index in [4.69, 9.17) is 5.11 Å². The Labute approximate surface area is 146 Å². The maximum Gasteiger partial charge on any atom is 0.434 e. The Balaban J connectivity index is 1.58. The number of aromatic nitrogens is 1. The van der Waals surface area contributed by atoms with Crippen LogP contribution in [0.3, 0.4) is 0 Å². The molecule has 0 atom stereocenters. The molecule has 1 aliphatic heterocycles. The molecule has 1 aromatic heterocycles. The Morgan fingerprint density at radius 1 is 1.32 bits per heavy atom. The van der Waals surface area contributed by atoms with Gasteiger partial charge in [-0.05, 0) is 43.6 Å². The lowest BCUT2D eigenvalue weighted by Crippen LogP contribution is -2.32. The van der Waals surface area contributed by atoms with Gasteiger partial charge in [-0.15, -0.1) is 11.3 Å². The summed E-state index contributed by atoms with van der Waals surface area (Å²) in [6.07, 6.45) is -2.88. The lowest BCUT2D eigenvalue weighted by Gasteiger charge is -2.31. The standard InChI is InChI=1S/C17H17F3N2O2S/c18-17(19,20)14-10-25-15(21-14)12-4-6-22(7-5-12)9-11-2-1-3-13(8-11)16(23)24/h1-3,8,10,12H,4-7,9H2,(H,23,24). The Hall–Kier alpha value is -1.93. The molecule has 2 heterocycles. The number of carbonyl (C=O) groups is 1. The number of rotatable bonds is 4. The SMILES string of the molecule is O=C(O)c1cccc(CN2CCC(c3nc(C(F)(F)F)cs3)CC2)c1. The van der Waals surface area contributed by atoms with Crippen LogP contribution in [0.4, 0.5) is 13.2 Å².